The Morgan fingerprint density at radius 3 is 1.54 bits per heavy atom. The van der Waals surface area contributed by atoms with Crippen LogP contribution in [0.4, 0.5) is 0 Å². The Bertz CT molecular complexity index is 1730. The van der Waals surface area contributed by atoms with Crippen LogP contribution in [0.3, 0.4) is 0 Å². The number of ether oxygens (including phenoxy) is 1. The van der Waals surface area contributed by atoms with Gasteiger partial charge in [-0.25, -0.2) is 9.67 Å². The molecule has 0 unspecified atom stereocenters. The Balaban J connectivity index is 0.000000194. The Hall–Kier alpha value is -5.34. The summed E-state index contributed by atoms with van der Waals surface area (Å²) < 4.78 is 8.77. The van der Waals surface area contributed by atoms with E-state index in [0.29, 0.717) is 0 Å². The van der Waals surface area contributed by atoms with Gasteiger partial charge in [0.1, 0.15) is 6.33 Å². The summed E-state index contributed by atoms with van der Waals surface area (Å²) in [6.45, 7) is 15.0. The molecule has 8 nitrogen and oxygen atoms in total. The molecule has 286 valence electrons. The fraction of sp³-hybridized carbons (Fsp3) is 0.348. The summed E-state index contributed by atoms with van der Waals surface area (Å²) >= 11 is 0. The summed E-state index contributed by atoms with van der Waals surface area (Å²) in [5, 5.41) is 10.9. The highest BCUT2D eigenvalue weighted by Gasteiger charge is 1.98. The first-order valence-corrected chi connectivity index (χ1v) is 18.8. The van der Waals surface area contributed by atoms with Gasteiger partial charge in [0.2, 0.25) is 0 Å². The molecule has 0 amide bonds. The number of hydrogen-bond acceptors (Lipinski definition) is 6. The van der Waals surface area contributed by atoms with Gasteiger partial charge in [0.05, 0.1) is 25.7 Å². The molecular weight excluding hydrogens is 667 g/mol. The van der Waals surface area contributed by atoms with E-state index in [9.17, 15) is 0 Å². The summed E-state index contributed by atoms with van der Waals surface area (Å²) in [5.74, 6) is 0.872. The van der Waals surface area contributed by atoms with Crippen LogP contribution >= 0.6 is 0 Å². The molecule has 54 heavy (non-hydrogen) atoms. The third-order valence-corrected chi connectivity index (χ3v) is 8.67. The van der Waals surface area contributed by atoms with E-state index in [0.717, 1.165) is 38.1 Å². The van der Waals surface area contributed by atoms with Crippen LogP contribution in [-0.4, -0.2) is 62.4 Å². The van der Waals surface area contributed by atoms with Gasteiger partial charge in [-0.2, -0.15) is 0 Å². The summed E-state index contributed by atoms with van der Waals surface area (Å²) in [5.41, 5.74) is 10.6. The van der Waals surface area contributed by atoms with Gasteiger partial charge < -0.3 is 14.2 Å². The second-order valence-corrected chi connectivity index (χ2v) is 14.0. The molecule has 6 rings (SSSR count). The summed E-state index contributed by atoms with van der Waals surface area (Å²) in [4.78, 5) is 6.24. The predicted octanol–water partition coefficient (Wildman–Crippen LogP) is 9.63. The normalized spacial score (nSPS) is 10.3. The minimum atomic E-state index is 0.729. The van der Waals surface area contributed by atoms with Crippen LogP contribution in [0, 0.1) is 27.7 Å². The van der Waals surface area contributed by atoms with Crippen LogP contribution in [0.2, 0.25) is 0 Å². The third kappa shape index (κ3) is 18.9. The van der Waals surface area contributed by atoms with Gasteiger partial charge in [0, 0.05) is 25.4 Å². The monoisotopic (exact) mass is 727 g/mol. The lowest BCUT2D eigenvalue weighted by molar-refractivity contribution is 0.277. The summed E-state index contributed by atoms with van der Waals surface area (Å²) in [6, 6.07) is 34.4. The van der Waals surface area contributed by atoms with Crippen LogP contribution < -0.4 is 0 Å². The number of allylic oxidation sites excluding steroid dienone is 1. The lowest BCUT2D eigenvalue weighted by Gasteiger charge is -2.08. The van der Waals surface area contributed by atoms with E-state index in [1.807, 2.05) is 12.5 Å². The minimum Gasteiger partial charge on any atom is -0.502 e. The van der Waals surface area contributed by atoms with E-state index < -0.39 is 0 Å². The van der Waals surface area contributed by atoms with Gasteiger partial charge in [0.25, 0.3) is 0 Å². The molecule has 0 radical (unpaired) electrons. The van der Waals surface area contributed by atoms with Crippen LogP contribution in [0.25, 0.3) is 0 Å². The first-order chi connectivity index (χ1) is 26.1. The van der Waals surface area contributed by atoms with Crippen LogP contribution in [0.5, 0.6) is 0 Å². The zero-order valence-electron chi connectivity index (χ0n) is 33.7. The molecule has 0 saturated carbocycles. The molecule has 0 aliphatic heterocycles. The fourth-order valence-corrected chi connectivity index (χ4v) is 5.28. The second kappa shape index (κ2) is 24.8. The molecule has 8 heteroatoms. The molecule has 2 heterocycles. The number of hydrogen-bond donors (Lipinski definition) is 0. The topological polar surface area (TPSA) is 73.9 Å². The number of tetrazole rings is 1. The van der Waals surface area contributed by atoms with E-state index in [1.54, 1.807) is 24.3 Å². The highest BCUT2D eigenvalue weighted by Crippen LogP contribution is 2.11. The van der Waals surface area contributed by atoms with E-state index in [4.69, 9.17) is 4.74 Å². The molecule has 0 fully saturated rings. The maximum absolute atomic E-state index is 5.01. The fourth-order valence-electron chi connectivity index (χ4n) is 5.28. The number of nitrogens with zero attached hydrogens (tertiary/aromatic N) is 7. The summed E-state index contributed by atoms with van der Waals surface area (Å²) in [7, 11) is 5.94. The molecule has 4 aromatic carbocycles. The smallest absolute Gasteiger partial charge is 0.138 e. The Morgan fingerprint density at radius 2 is 1.11 bits per heavy atom. The predicted molar refractivity (Wildman–Crippen MR) is 224 cm³/mol. The van der Waals surface area contributed by atoms with Crippen LogP contribution in [-0.2, 0) is 30.7 Å². The van der Waals surface area contributed by atoms with Crippen molar-refractivity contribution in [3.63, 3.8) is 0 Å². The average molecular weight is 728 g/mol. The van der Waals surface area contributed by atoms with Gasteiger partial charge in [-0.1, -0.05) is 126 Å². The zero-order chi connectivity index (χ0) is 39.0. The number of imidazole rings is 1. The van der Waals surface area contributed by atoms with Crippen molar-refractivity contribution < 1.29 is 4.74 Å². The van der Waals surface area contributed by atoms with Crippen molar-refractivity contribution in [1.82, 2.24) is 34.7 Å². The van der Waals surface area contributed by atoms with E-state index in [2.05, 4.69) is 175 Å². The number of aryl methyl sites for hydroxylation is 6. The van der Waals surface area contributed by atoms with Crippen molar-refractivity contribution in [3.05, 3.63) is 179 Å². The van der Waals surface area contributed by atoms with E-state index in [1.165, 1.54) is 70.3 Å². The van der Waals surface area contributed by atoms with Crippen molar-refractivity contribution in [3.8, 4) is 0 Å². The molecule has 0 N–H and O–H groups in total. The number of aromatic nitrogens is 6. The number of methoxy groups -OCH3 is 1. The minimum absolute atomic E-state index is 0.729. The van der Waals surface area contributed by atoms with Crippen LogP contribution in [0.1, 0.15) is 70.2 Å². The molecule has 0 aliphatic rings. The SMILES string of the molecule is C=C(CCCc1ccc(C)cc1)OC.Cc1ccc(CCCCN(C)C)cc1.Cc1ccc(Cn2ccnc2)cc1.Cc1ccc(Cn2cnnn2)cc1. The lowest BCUT2D eigenvalue weighted by Crippen LogP contribution is -2.12. The highest BCUT2D eigenvalue weighted by atomic mass is 16.5. The van der Waals surface area contributed by atoms with Gasteiger partial charge in [-0.05, 0) is 113 Å². The zero-order valence-corrected chi connectivity index (χ0v) is 33.7. The average Bonchev–Trinajstić information content (AvgIpc) is 3.89. The molecule has 0 aliphatic carbocycles. The first kappa shape index (κ1) is 43.1. The van der Waals surface area contributed by atoms with Crippen molar-refractivity contribution in [2.75, 3.05) is 27.7 Å². The Morgan fingerprint density at radius 1 is 0.630 bits per heavy atom. The van der Waals surface area contributed by atoms with Gasteiger partial charge in [0.15, 0.2) is 0 Å². The Kier molecular flexibility index (Phi) is 19.8. The van der Waals surface area contributed by atoms with E-state index in [-0.39, 0.29) is 0 Å². The maximum atomic E-state index is 5.01. The number of benzene rings is 4. The quantitative estimate of drug-likeness (QED) is 0.0822. The lowest BCUT2D eigenvalue weighted by atomic mass is 10.1. The highest BCUT2D eigenvalue weighted by molar-refractivity contribution is 5.23. The van der Waals surface area contributed by atoms with Crippen molar-refractivity contribution in [2.24, 2.45) is 0 Å². The van der Waals surface area contributed by atoms with E-state index >= 15 is 0 Å². The standard InChI is InChI=1S/C13H21N.C13H18O.C11H12N2.C9H10N4/c1-12-7-9-13(10-8-12)6-4-5-11-14(2)3;1-11-7-9-13(10-8-11)6-4-5-12(2)14-3;1-10-2-4-11(5-3-10)8-13-7-6-12-9-13;1-8-2-4-9(5-3-8)6-13-7-10-11-12-13/h7-10H,4-6,11H2,1-3H3;7-10H,2,4-6H2,1,3H3;2-7,9H,8H2,1H3;2-5,7H,6H2,1H3. The third-order valence-electron chi connectivity index (χ3n) is 8.67. The van der Waals surface area contributed by atoms with Crippen molar-refractivity contribution in [2.45, 2.75) is 79.3 Å². The Labute approximate surface area is 324 Å². The number of rotatable bonds is 14. The molecule has 0 saturated heterocycles. The molecule has 0 bridgehead atoms. The molecule has 2 aromatic heterocycles. The first-order valence-electron chi connectivity index (χ1n) is 18.8. The van der Waals surface area contributed by atoms with Gasteiger partial charge in [-0.3, -0.25) is 0 Å². The number of unbranched alkanes of at least 4 members (excludes halogenated alkanes) is 1. The summed E-state index contributed by atoms with van der Waals surface area (Å²) in [6.07, 6.45) is 14.2. The van der Waals surface area contributed by atoms with Crippen LogP contribution in [0.15, 0.2) is 134 Å². The maximum Gasteiger partial charge on any atom is 0.138 e. The van der Waals surface area contributed by atoms with Gasteiger partial charge in [-0.15, -0.1) is 5.10 Å². The largest absolute Gasteiger partial charge is 0.502 e. The molecular formula is C46H61N7O. The second-order valence-electron chi connectivity index (χ2n) is 14.0. The molecule has 6 aromatic rings. The molecule has 0 atom stereocenters. The molecule has 0 spiro atoms. The van der Waals surface area contributed by atoms with Crippen molar-refractivity contribution >= 4 is 0 Å². The van der Waals surface area contributed by atoms with Gasteiger partial charge >= 0.3 is 0 Å². The van der Waals surface area contributed by atoms with Crippen molar-refractivity contribution in [1.29, 1.82) is 0 Å².